The fraction of sp³-hybridized carbons (Fsp3) is 0.821. The van der Waals surface area contributed by atoms with E-state index in [0.29, 0.717) is 0 Å². The summed E-state index contributed by atoms with van der Waals surface area (Å²) >= 11 is 0. The van der Waals surface area contributed by atoms with E-state index in [4.69, 9.17) is 13.6 Å². The highest BCUT2D eigenvalue weighted by atomic mass is 28.4. The number of aromatic nitrogens is 2. The number of carbonyl (C=O) groups excluding carboxylic acids is 1. The van der Waals surface area contributed by atoms with Crippen molar-refractivity contribution in [3.05, 3.63) is 32.6 Å². The lowest BCUT2D eigenvalue weighted by molar-refractivity contribution is -0.0101. The molecule has 9 nitrogen and oxygen atoms in total. The van der Waals surface area contributed by atoms with E-state index in [1.165, 1.54) is 18.0 Å². The Hall–Kier alpha value is -1.84. The van der Waals surface area contributed by atoms with Crippen molar-refractivity contribution >= 4 is 22.7 Å². The zero-order valence-corrected chi connectivity index (χ0v) is 29.3. The monoisotopic (exact) mass is 619 g/mol. The Balaban J connectivity index is 2.89. The van der Waals surface area contributed by atoms with E-state index in [1.807, 2.05) is 67.7 Å². The summed E-state index contributed by atoms with van der Waals surface area (Å²) in [6, 6.07) is -1.17. The highest BCUT2D eigenvalue weighted by Gasteiger charge is 2.59. The molecule has 1 N–H and O–H groups in total. The van der Waals surface area contributed by atoms with Crippen LogP contribution in [0.3, 0.4) is 0 Å². The molecule has 1 aliphatic heterocycles. The predicted molar refractivity (Wildman–Crippen MR) is 162 cm³/mol. The van der Waals surface area contributed by atoms with Crippen LogP contribution in [0.15, 0.2) is 15.8 Å². The molecule has 41 heavy (non-hydrogen) atoms. The molecule has 0 aromatic carbocycles. The van der Waals surface area contributed by atoms with Gasteiger partial charge in [0.2, 0.25) is 6.43 Å². The van der Waals surface area contributed by atoms with Crippen molar-refractivity contribution < 1.29 is 27.2 Å². The zero-order chi connectivity index (χ0) is 32.1. The van der Waals surface area contributed by atoms with Crippen LogP contribution in [0.1, 0.15) is 74.0 Å². The van der Waals surface area contributed by atoms with Gasteiger partial charge < -0.3 is 13.6 Å². The Morgan fingerprint density at radius 2 is 1.49 bits per heavy atom. The average Bonchev–Trinajstić information content (AvgIpc) is 3.05. The predicted octanol–water partition coefficient (Wildman–Crippen LogP) is 6.26. The molecule has 0 bridgehead atoms. The van der Waals surface area contributed by atoms with Crippen LogP contribution >= 0.6 is 0 Å². The van der Waals surface area contributed by atoms with Gasteiger partial charge in [0, 0.05) is 11.8 Å². The Labute approximate surface area is 245 Å². The molecule has 1 saturated heterocycles. The van der Waals surface area contributed by atoms with Crippen molar-refractivity contribution in [3.8, 4) is 0 Å². The molecule has 1 aromatic rings. The second-order valence-corrected chi connectivity index (χ2v) is 24.7. The van der Waals surface area contributed by atoms with Gasteiger partial charge in [-0.3, -0.25) is 19.2 Å². The van der Waals surface area contributed by atoms with Crippen LogP contribution in [-0.4, -0.2) is 68.0 Å². The summed E-state index contributed by atoms with van der Waals surface area (Å²) in [7, 11) is -5.18. The summed E-state index contributed by atoms with van der Waals surface area (Å²) in [5.41, 5.74) is -2.19. The van der Waals surface area contributed by atoms with E-state index in [-0.39, 0.29) is 22.2 Å². The van der Waals surface area contributed by atoms with Crippen molar-refractivity contribution in [2.24, 2.45) is 5.92 Å². The first kappa shape index (κ1) is 35.4. The number of hydrogen-bond donors (Lipinski definition) is 1. The molecule has 0 unspecified atom stereocenters. The number of carbonyl (C=O) groups is 1. The fourth-order valence-corrected chi connectivity index (χ4v) is 6.59. The van der Waals surface area contributed by atoms with E-state index in [9.17, 15) is 14.4 Å². The third kappa shape index (κ3) is 7.77. The van der Waals surface area contributed by atoms with Gasteiger partial charge in [-0.1, -0.05) is 41.5 Å². The molecule has 1 fully saturated rings. The maximum absolute atomic E-state index is 15.2. The molecule has 2 rings (SSSR count). The SMILES string of the molecule is Cc1cn([C@H]2[C@H](O[Si](C)(C)C(C)(C)C)[C@H](C(F)F)[C@@H](CO[Si](C)(C)C(C)(C)C)N2C(=O)OC(C)(C)C)c(=O)[nH]c1=O. The quantitative estimate of drug-likeness (QED) is 0.362. The first-order valence-corrected chi connectivity index (χ1v) is 20.0. The number of aryl methyl sites for hydroxylation is 1. The Morgan fingerprint density at radius 3 is 1.93 bits per heavy atom. The number of alkyl halides is 2. The number of amides is 1. The molecule has 0 saturated carbocycles. The van der Waals surface area contributed by atoms with Crippen LogP contribution in [0.25, 0.3) is 0 Å². The van der Waals surface area contributed by atoms with Gasteiger partial charge in [0.05, 0.1) is 24.7 Å². The molecule has 236 valence electrons. The van der Waals surface area contributed by atoms with Crippen LogP contribution in [0, 0.1) is 12.8 Å². The Bertz CT molecular complexity index is 1210. The van der Waals surface area contributed by atoms with Gasteiger partial charge in [-0.2, -0.15) is 0 Å². The molecule has 13 heteroatoms. The maximum atomic E-state index is 15.2. The lowest BCUT2D eigenvalue weighted by Gasteiger charge is -2.41. The van der Waals surface area contributed by atoms with Crippen LogP contribution in [-0.2, 0) is 13.6 Å². The normalized spacial score (nSPS) is 22.9. The molecule has 0 aliphatic carbocycles. The maximum Gasteiger partial charge on any atom is 0.412 e. The van der Waals surface area contributed by atoms with Gasteiger partial charge in [-0.15, -0.1) is 0 Å². The summed E-state index contributed by atoms with van der Waals surface area (Å²) in [5, 5.41) is -0.575. The minimum atomic E-state index is -2.91. The number of halogens is 2. The molecular weight excluding hydrogens is 568 g/mol. The number of nitrogens with zero attached hydrogens (tertiary/aromatic N) is 2. The first-order chi connectivity index (χ1) is 18.2. The number of nitrogens with one attached hydrogen (secondary N) is 1. The van der Waals surface area contributed by atoms with Gasteiger partial charge in [0.1, 0.15) is 11.8 Å². The largest absolute Gasteiger partial charge is 0.444 e. The smallest absolute Gasteiger partial charge is 0.412 e. The van der Waals surface area contributed by atoms with Gasteiger partial charge >= 0.3 is 11.8 Å². The van der Waals surface area contributed by atoms with Gasteiger partial charge in [0.25, 0.3) is 5.56 Å². The van der Waals surface area contributed by atoms with Crippen molar-refractivity contribution in [2.75, 3.05) is 6.61 Å². The topological polar surface area (TPSA) is 103 Å². The van der Waals surface area contributed by atoms with Crippen molar-refractivity contribution in [3.63, 3.8) is 0 Å². The van der Waals surface area contributed by atoms with Crippen LogP contribution in [0.5, 0.6) is 0 Å². The summed E-state index contributed by atoms with van der Waals surface area (Å²) < 4.78 is 50.5. The summed E-state index contributed by atoms with van der Waals surface area (Å²) in [5.74, 6) is -1.49. The van der Waals surface area contributed by atoms with Crippen molar-refractivity contribution in [1.29, 1.82) is 0 Å². The van der Waals surface area contributed by atoms with Gasteiger partial charge in [0.15, 0.2) is 16.6 Å². The van der Waals surface area contributed by atoms with Crippen LogP contribution < -0.4 is 11.2 Å². The summed E-state index contributed by atoms with van der Waals surface area (Å²) in [6.07, 6.45) is -5.07. The van der Waals surface area contributed by atoms with E-state index in [2.05, 4.69) is 4.98 Å². The van der Waals surface area contributed by atoms with Crippen LogP contribution in [0.4, 0.5) is 13.6 Å². The third-order valence-electron chi connectivity index (χ3n) is 8.74. The minimum absolute atomic E-state index is 0.185. The van der Waals surface area contributed by atoms with Gasteiger partial charge in [-0.05, 0) is 64.0 Å². The molecule has 1 amide bonds. The van der Waals surface area contributed by atoms with E-state index in [0.717, 1.165) is 4.57 Å². The second kappa shape index (κ2) is 11.7. The van der Waals surface area contributed by atoms with E-state index >= 15 is 8.78 Å². The molecule has 1 aliphatic rings. The first-order valence-electron chi connectivity index (χ1n) is 14.1. The lowest BCUT2D eigenvalue weighted by atomic mass is 9.98. The molecule has 0 radical (unpaired) electrons. The fourth-order valence-electron chi connectivity index (χ4n) is 4.26. The van der Waals surface area contributed by atoms with Gasteiger partial charge in [-0.25, -0.2) is 18.4 Å². The molecule has 0 spiro atoms. The number of rotatable bonds is 7. The zero-order valence-electron chi connectivity index (χ0n) is 27.3. The highest BCUT2D eigenvalue weighted by molar-refractivity contribution is 6.74. The molecule has 4 atom stereocenters. The summed E-state index contributed by atoms with van der Waals surface area (Å²) in [4.78, 5) is 42.8. The van der Waals surface area contributed by atoms with Crippen molar-refractivity contribution in [2.45, 2.75) is 136 Å². The second-order valence-electron chi connectivity index (χ2n) is 15.2. The van der Waals surface area contributed by atoms with Crippen LogP contribution in [0.2, 0.25) is 36.3 Å². The Kier molecular flexibility index (Phi) is 10.1. The third-order valence-corrected chi connectivity index (χ3v) is 17.7. The molecular formula is C28H51F2N3O6Si2. The number of aromatic amines is 1. The minimum Gasteiger partial charge on any atom is -0.444 e. The summed E-state index contributed by atoms with van der Waals surface area (Å²) in [6.45, 7) is 26.3. The Morgan fingerprint density at radius 1 is 0.976 bits per heavy atom. The van der Waals surface area contributed by atoms with Crippen molar-refractivity contribution in [1.82, 2.24) is 14.5 Å². The number of likely N-dealkylation sites (tertiary alicyclic amines) is 1. The molecule has 2 heterocycles. The standard InChI is InChI=1S/C28H51F2N3O6Si2/c1-17-15-32(24(35)31-22(17)34)23-20(39-41(13,14)28(8,9)10)19(21(29)30)18(16-37-40(11,12)27(5,6)7)33(23)25(36)38-26(2,3)4/h15,18-21,23H,16H2,1-14H3,(H,31,34,35)/t18-,19-,20-,23-/m1/s1. The highest BCUT2D eigenvalue weighted by Crippen LogP contribution is 2.48. The lowest BCUT2D eigenvalue weighted by Crippen LogP contribution is -2.51. The average molecular weight is 620 g/mol. The number of hydrogen-bond acceptors (Lipinski definition) is 6. The number of ether oxygens (including phenoxy) is 1. The van der Waals surface area contributed by atoms with E-state index < -0.39 is 70.2 Å². The van der Waals surface area contributed by atoms with E-state index in [1.54, 1.807) is 20.8 Å². The number of H-pyrrole nitrogens is 1. The molecule has 1 aromatic heterocycles.